The summed E-state index contributed by atoms with van der Waals surface area (Å²) in [4.78, 5) is 0. The number of rotatable bonds is 0. The molecule has 1 heterocycles. The molecule has 0 saturated heterocycles. The van der Waals surface area contributed by atoms with E-state index in [0.717, 1.165) is 0 Å². The Hall–Kier alpha value is -1.58. The van der Waals surface area contributed by atoms with Crippen molar-refractivity contribution in [2.75, 3.05) is 5.73 Å². The Morgan fingerprint density at radius 3 is 3.10 bits per heavy atom. The third-order valence-electron chi connectivity index (χ3n) is 1.30. The quantitative estimate of drug-likeness (QED) is 0.579. The van der Waals surface area contributed by atoms with Gasteiger partial charge in [0, 0.05) is 0 Å². The summed E-state index contributed by atoms with van der Waals surface area (Å²) in [6.45, 7) is 0. The largest absolute Gasteiger partial charge is 0.440 e. The Kier molecular flexibility index (Phi) is 0.887. The predicted molar refractivity (Wildman–Crippen MR) is 35.3 cm³/mol. The van der Waals surface area contributed by atoms with Gasteiger partial charge < -0.3 is 10.2 Å². The van der Waals surface area contributed by atoms with E-state index in [1.165, 1.54) is 6.39 Å². The van der Waals surface area contributed by atoms with Crippen LogP contribution >= 0.6 is 0 Å². The molecule has 0 atom stereocenters. The molecule has 0 unspecified atom stereocenters. The van der Waals surface area contributed by atoms with Gasteiger partial charge in [-0.2, -0.15) is 0 Å². The van der Waals surface area contributed by atoms with Crippen LogP contribution in [0.25, 0.3) is 11.5 Å². The topological polar surface area (TPSA) is 64.9 Å². The molecule has 1 aliphatic carbocycles. The zero-order chi connectivity index (χ0) is 6.97. The van der Waals surface area contributed by atoms with Crippen molar-refractivity contribution in [2.45, 2.75) is 0 Å². The van der Waals surface area contributed by atoms with Gasteiger partial charge in [0.05, 0.1) is 5.69 Å². The lowest BCUT2D eigenvalue weighted by Crippen LogP contribution is -1.87. The molecule has 0 saturated carbocycles. The van der Waals surface area contributed by atoms with Crippen molar-refractivity contribution in [3.8, 4) is 11.5 Å². The monoisotopic (exact) mass is 135 g/mol. The van der Waals surface area contributed by atoms with Crippen LogP contribution in [-0.4, -0.2) is 10.2 Å². The Morgan fingerprint density at radius 2 is 2.30 bits per heavy atom. The summed E-state index contributed by atoms with van der Waals surface area (Å²) in [6.07, 6.45) is 1.26. The summed E-state index contributed by atoms with van der Waals surface area (Å²) < 4.78 is 4.98. The second kappa shape index (κ2) is 1.70. The molecule has 0 aromatic carbocycles. The molecule has 0 fully saturated rings. The van der Waals surface area contributed by atoms with Crippen molar-refractivity contribution in [3.63, 3.8) is 0 Å². The fraction of sp³-hybridized carbons (Fsp3) is 0. The molecular formula is C6H5N3O. The van der Waals surface area contributed by atoms with Gasteiger partial charge in [-0.3, -0.25) is 0 Å². The number of hydrogen-bond acceptors (Lipinski definition) is 4. The molecule has 1 aliphatic heterocycles. The summed E-state index contributed by atoms with van der Waals surface area (Å²) in [5, 5.41) is 7.33. The molecule has 4 heteroatoms. The summed E-state index contributed by atoms with van der Waals surface area (Å²) in [5.41, 5.74) is 6.81. The Labute approximate surface area is 57.0 Å². The van der Waals surface area contributed by atoms with Crippen molar-refractivity contribution in [3.05, 3.63) is 18.5 Å². The highest BCUT2D eigenvalue weighted by Crippen LogP contribution is 2.25. The molecule has 0 aromatic rings. The third-order valence-corrected chi connectivity index (χ3v) is 1.30. The molecule has 50 valence electrons. The lowest BCUT2D eigenvalue weighted by molar-refractivity contribution is 0.527. The van der Waals surface area contributed by atoms with Crippen LogP contribution in [0.3, 0.4) is 0 Å². The van der Waals surface area contributed by atoms with Gasteiger partial charge in [-0.25, -0.2) is 0 Å². The van der Waals surface area contributed by atoms with Crippen molar-refractivity contribution in [1.82, 2.24) is 10.2 Å². The molecule has 0 amide bonds. The van der Waals surface area contributed by atoms with Crippen molar-refractivity contribution >= 4 is 5.69 Å². The number of nitrogens with two attached hydrogens (primary N) is 1. The first-order valence-corrected chi connectivity index (χ1v) is 2.82. The predicted octanol–water partition coefficient (Wildman–Crippen LogP) is 0.757. The number of aromatic nitrogens is 2. The van der Waals surface area contributed by atoms with Gasteiger partial charge in [0.2, 0.25) is 6.39 Å². The molecule has 0 radical (unpaired) electrons. The number of anilines is 1. The normalized spacial score (nSPS) is 10.4. The lowest BCUT2D eigenvalue weighted by atomic mass is 10.4. The average Bonchev–Trinajstić information content (AvgIpc) is 2.34. The summed E-state index contributed by atoms with van der Waals surface area (Å²) in [7, 11) is 0. The standard InChI is InChI=1S/C6H5N3O/c7-4-1-2-5-6(4)10-3-8-9-5/h1-3H,7H2. The summed E-state index contributed by atoms with van der Waals surface area (Å²) in [5.74, 6) is 0.606. The van der Waals surface area contributed by atoms with Crippen LogP contribution in [0, 0.1) is 0 Å². The van der Waals surface area contributed by atoms with E-state index in [4.69, 9.17) is 10.2 Å². The molecule has 0 bridgehead atoms. The van der Waals surface area contributed by atoms with Crippen LogP contribution in [0.15, 0.2) is 22.9 Å². The Bertz CT molecular complexity index is 317. The molecule has 0 aromatic heterocycles. The molecule has 10 heavy (non-hydrogen) atoms. The average molecular weight is 135 g/mol. The number of fused-ring (bicyclic) bond motifs is 1. The van der Waals surface area contributed by atoms with Gasteiger partial charge in [0.25, 0.3) is 0 Å². The van der Waals surface area contributed by atoms with E-state index in [2.05, 4.69) is 10.2 Å². The van der Waals surface area contributed by atoms with Crippen LogP contribution in [0.5, 0.6) is 0 Å². The molecule has 2 N–H and O–H groups in total. The first-order chi connectivity index (χ1) is 4.88. The van der Waals surface area contributed by atoms with E-state index in [9.17, 15) is 0 Å². The number of hydrogen-bond donors (Lipinski definition) is 1. The minimum atomic E-state index is 0.602. The molecule has 2 aliphatic rings. The third kappa shape index (κ3) is 0.556. The van der Waals surface area contributed by atoms with Gasteiger partial charge in [0.15, 0.2) is 5.76 Å². The molecule has 4 nitrogen and oxygen atoms in total. The van der Waals surface area contributed by atoms with E-state index < -0.39 is 0 Å². The van der Waals surface area contributed by atoms with Crippen molar-refractivity contribution in [2.24, 2.45) is 0 Å². The number of nitrogen functional groups attached to an aromatic ring is 1. The first kappa shape index (κ1) is 5.22. The van der Waals surface area contributed by atoms with E-state index in [1.807, 2.05) is 0 Å². The first-order valence-electron chi connectivity index (χ1n) is 2.82. The van der Waals surface area contributed by atoms with E-state index in [1.54, 1.807) is 12.1 Å². The van der Waals surface area contributed by atoms with Crippen LogP contribution < -0.4 is 5.73 Å². The smallest absolute Gasteiger partial charge is 0.202 e. The highest BCUT2D eigenvalue weighted by atomic mass is 16.3. The van der Waals surface area contributed by atoms with Gasteiger partial charge >= 0.3 is 0 Å². The Balaban J connectivity index is 2.78. The summed E-state index contributed by atoms with van der Waals surface area (Å²) >= 11 is 0. The van der Waals surface area contributed by atoms with E-state index in [0.29, 0.717) is 17.1 Å². The molecule has 2 rings (SSSR count). The SMILES string of the molecule is Nc1ccc2nncoc1-2. The highest BCUT2D eigenvalue weighted by Gasteiger charge is 2.09. The van der Waals surface area contributed by atoms with E-state index >= 15 is 0 Å². The second-order valence-corrected chi connectivity index (χ2v) is 1.94. The van der Waals surface area contributed by atoms with Crippen LogP contribution in [0.4, 0.5) is 5.69 Å². The number of nitrogens with zero attached hydrogens (tertiary/aromatic N) is 2. The fourth-order valence-electron chi connectivity index (χ4n) is 0.837. The fourth-order valence-corrected chi connectivity index (χ4v) is 0.837. The molecular weight excluding hydrogens is 130 g/mol. The van der Waals surface area contributed by atoms with Gasteiger partial charge in [-0.05, 0) is 12.1 Å². The summed E-state index contributed by atoms with van der Waals surface area (Å²) in [6, 6.07) is 3.50. The minimum Gasteiger partial charge on any atom is -0.440 e. The Morgan fingerprint density at radius 1 is 1.40 bits per heavy atom. The lowest BCUT2D eigenvalue weighted by Gasteiger charge is -1.93. The molecule has 0 spiro atoms. The maximum absolute atomic E-state index is 5.51. The van der Waals surface area contributed by atoms with Gasteiger partial charge in [-0.15, -0.1) is 10.2 Å². The maximum Gasteiger partial charge on any atom is 0.202 e. The van der Waals surface area contributed by atoms with Crippen LogP contribution in [0.1, 0.15) is 0 Å². The van der Waals surface area contributed by atoms with Gasteiger partial charge in [-0.1, -0.05) is 0 Å². The van der Waals surface area contributed by atoms with Crippen LogP contribution in [-0.2, 0) is 0 Å². The van der Waals surface area contributed by atoms with Crippen molar-refractivity contribution < 1.29 is 4.42 Å². The van der Waals surface area contributed by atoms with Crippen LogP contribution in [0.2, 0.25) is 0 Å². The minimum absolute atomic E-state index is 0.602. The van der Waals surface area contributed by atoms with Gasteiger partial charge in [0.1, 0.15) is 5.69 Å². The maximum atomic E-state index is 5.51. The van der Waals surface area contributed by atoms with E-state index in [-0.39, 0.29) is 0 Å². The zero-order valence-electron chi connectivity index (χ0n) is 5.11. The van der Waals surface area contributed by atoms with Crippen molar-refractivity contribution in [1.29, 1.82) is 0 Å². The highest BCUT2D eigenvalue weighted by molar-refractivity contribution is 5.71. The second-order valence-electron chi connectivity index (χ2n) is 1.94. The zero-order valence-corrected chi connectivity index (χ0v) is 5.11.